The minimum absolute atomic E-state index is 0.0943. The Hall–Kier alpha value is -2.38. The lowest BCUT2D eigenvalue weighted by Gasteiger charge is -2.33. The van der Waals surface area contributed by atoms with Crippen LogP contribution in [-0.2, 0) is 6.18 Å². The summed E-state index contributed by atoms with van der Waals surface area (Å²) in [6.45, 7) is 1.55. The largest absolute Gasteiger partial charge is 0.417 e. The molecule has 0 unspecified atom stereocenters. The molecule has 8 heteroatoms. The van der Waals surface area contributed by atoms with Gasteiger partial charge in [-0.25, -0.2) is 15.0 Å². The fraction of sp³-hybridized carbons (Fsp3) is 0.400. The van der Waals surface area contributed by atoms with Crippen LogP contribution in [0.3, 0.4) is 0 Å². The van der Waals surface area contributed by atoms with Crippen LogP contribution >= 0.6 is 0 Å². The van der Waals surface area contributed by atoms with Gasteiger partial charge in [-0.2, -0.15) is 13.2 Å². The van der Waals surface area contributed by atoms with Crippen LogP contribution in [0.15, 0.2) is 36.8 Å². The van der Waals surface area contributed by atoms with Gasteiger partial charge in [-0.05, 0) is 31.0 Å². The van der Waals surface area contributed by atoms with Crippen LogP contribution in [0.1, 0.15) is 18.4 Å². The molecule has 0 spiro atoms. The molecule has 0 bridgehead atoms. The Morgan fingerprint density at radius 2 is 1.91 bits per heavy atom. The maximum absolute atomic E-state index is 12.5. The first-order chi connectivity index (χ1) is 11.0. The van der Waals surface area contributed by atoms with Gasteiger partial charge in [0.05, 0.1) is 5.56 Å². The Balaban J connectivity index is 1.64. The molecule has 1 saturated heterocycles. The number of alkyl halides is 3. The van der Waals surface area contributed by atoms with Crippen molar-refractivity contribution in [3.8, 4) is 0 Å². The molecule has 5 nitrogen and oxygen atoms in total. The molecule has 0 amide bonds. The summed E-state index contributed by atoms with van der Waals surface area (Å²) in [7, 11) is 0. The molecule has 2 aromatic rings. The van der Waals surface area contributed by atoms with E-state index in [0.29, 0.717) is 18.3 Å². The highest BCUT2D eigenvalue weighted by molar-refractivity contribution is 5.39. The lowest BCUT2D eigenvalue weighted by Crippen LogP contribution is -2.43. The van der Waals surface area contributed by atoms with Gasteiger partial charge >= 0.3 is 6.18 Å². The molecular formula is C15H16F3N5. The predicted molar refractivity (Wildman–Crippen MR) is 80.1 cm³/mol. The molecule has 3 heterocycles. The quantitative estimate of drug-likeness (QED) is 0.941. The first kappa shape index (κ1) is 15.5. The third-order valence-corrected chi connectivity index (χ3v) is 3.70. The van der Waals surface area contributed by atoms with Crippen molar-refractivity contribution in [2.24, 2.45) is 0 Å². The van der Waals surface area contributed by atoms with Gasteiger partial charge < -0.3 is 10.2 Å². The fourth-order valence-corrected chi connectivity index (χ4v) is 2.59. The van der Waals surface area contributed by atoms with Crippen LogP contribution in [0.5, 0.6) is 0 Å². The van der Waals surface area contributed by atoms with Gasteiger partial charge in [0.1, 0.15) is 5.82 Å². The van der Waals surface area contributed by atoms with Crippen molar-refractivity contribution < 1.29 is 13.2 Å². The summed E-state index contributed by atoms with van der Waals surface area (Å²) in [6, 6.07) is 4.25. The third-order valence-electron chi connectivity index (χ3n) is 3.70. The second kappa shape index (κ2) is 6.39. The predicted octanol–water partition coefficient (Wildman–Crippen LogP) is 2.97. The maximum Gasteiger partial charge on any atom is 0.417 e. The number of rotatable bonds is 3. The van der Waals surface area contributed by atoms with Gasteiger partial charge in [-0.15, -0.1) is 0 Å². The molecule has 0 saturated carbocycles. The minimum atomic E-state index is -4.36. The molecule has 1 aliphatic rings. The summed E-state index contributed by atoms with van der Waals surface area (Å²) >= 11 is 0. The van der Waals surface area contributed by atoms with Crippen molar-refractivity contribution in [1.29, 1.82) is 0 Å². The van der Waals surface area contributed by atoms with Crippen LogP contribution in [0, 0.1) is 0 Å². The highest BCUT2D eigenvalue weighted by Gasteiger charge is 2.30. The summed E-state index contributed by atoms with van der Waals surface area (Å²) in [5.41, 5.74) is -0.744. The molecule has 1 aliphatic heterocycles. The molecule has 0 aromatic carbocycles. The Bertz CT molecular complexity index is 630. The van der Waals surface area contributed by atoms with Gasteiger partial charge in [0.25, 0.3) is 0 Å². The number of aromatic nitrogens is 3. The fourth-order valence-electron chi connectivity index (χ4n) is 2.59. The normalized spacial score (nSPS) is 18.7. The van der Waals surface area contributed by atoms with E-state index in [9.17, 15) is 13.2 Å². The molecule has 2 aromatic heterocycles. The number of piperidine rings is 1. The summed E-state index contributed by atoms with van der Waals surface area (Å²) in [6.07, 6.45) is 1.75. The van der Waals surface area contributed by atoms with E-state index in [1.807, 2.05) is 0 Å². The highest BCUT2D eigenvalue weighted by atomic mass is 19.4. The van der Waals surface area contributed by atoms with Gasteiger partial charge in [0.2, 0.25) is 5.95 Å². The number of nitrogens with zero attached hydrogens (tertiary/aromatic N) is 4. The molecule has 3 rings (SSSR count). The van der Waals surface area contributed by atoms with Gasteiger partial charge in [0, 0.05) is 37.7 Å². The van der Waals surface area contributed by atoms with Gasteiger partial charge in [0.15, 0.2) is 0 Å². The number of hydrogen-bond acceptors (Lipinski definition) is 5. The molecule has 1 atom stereocenters. The Morgan fingerprint density at radius 1 is 1.13 bits per heavy atom. The molecule has 0 aliphatic carbocycles. The van der Waals surface area contributed by atoms with E-state index in [4.69, 9.17) is 0 Å². The second-order valence-corrected chi connectivity index (χ2v) is 5.41. The first-order valence-corrected chi connectivity index (χ1v) is 7.34. The van der Waals surface area contributed by atoms with Gasteiger partial charge in [-0.3, -0.25) is 0 Å². The number of hydrogen-bond donors (Lipinski definition) is 1. The van der Waals surface area contributed by atoms with Crippen molar-refractivity contribution in [2.75, 3.05) is 23.3 Å². The average molecular weight is 323 g/mol. The Morgan fingerprint density at radius 3 is 2.57 bits per heavy atom. The van der Waals surface area contributed by atoms with Crippen molar-refractivity contribution in [1.82, 2.24) is 15.0 Å². The lowest BCUT2D eigenvalue weighted by atomic mass is 10.1. The molecule has 0 radical (unpaired) electrons. The monoisotopic (exact) mass is 323 g/mol. The van der Waals surface area contributed by atoms with Crippen molar-refractivity contribution in [3.05, 3.63) is 42.4 Å². The van der Waals surface area contributed by atoms with E-state index in [1.54, 1.807) is 18.5 Å². The zero-order valence-corrected chi connectivity index (χ0v) is 12.3. The SMILES string of the molecule is FC(F)(F)c1ccc(N[C@@H]2CCCN(c3ncccn3)C2)nc1. The maximum atomic E-state index is 12.5. The van der Waals surface area contributed by atoms with Crippen LogP contribution in [0.2, 0.25) is 0 Å². The number of halogens is 3. The van der Waals surface area contributed by atoms with Crippen LogP contribution in [0.25, 0.3) is 0 Å². The summed E-state index contributed by atoms with van der Waals surface area (Å²) < 4.78 is 37.6. The molecule has 1 N–H and O–H groups in total. The third kappa shape index (κ3) is 3.88. The molecule has 122 valence electrons. The highest BCUT2D eigenvalue weighted by Crippen LogP contribution is 2.29. The smallest absolute Gasteiger partial charge is 0.366 e. The van der Waals surface area contributed by atoms with Crippen LogP contribution in [0.4, 0.5) is 24.9 Å². The van der Waals surface area contributed by atoms with Crippen molar-refractivity contribution in [3.63, 3.8) is 0 Å². The zero-order valence-electron chi connectivity index (χ0n) is 12.3. The van der Waals surface area contributed by atoms with Crippen molar-refractivity contribution in [2.45, 2.75) is 25.1 Å². The van der Waals surface area contributed by atoms with Crippen LogP contribution < -0.4 is 10.2 Å². The first-order valence-electron chi connectivity index (χ1n) is 7.34. The Labute approximate surface area is 131 Å². The molecule has 1 fully saturated rings. The van der Waals surface area contributed by atoms with E-state index >= 15 is 0 Å². The summed E-state index contributed by atoms with van der Waals surface area (Å²) in [5.74, 6) is 1.11. The Kier molecular flexibility index (Phi) is 4.31. The zero-order chi connectivity index (χ0) is 16.3. The summed E-state index contributed by atoms with van der Waals surface area (Å²) in [4.78, 5) is 14.4. The van der Waals surface area contributed by atoms with E-state index in [-0.39, 0.29) is 6.04 Å². The molecular weight excluding hydrogens is 307 g/mol. The second-order valence-electron chi connectivity index (χ2n) is 5.41. The minimum Gasteiger partial charge on any atom is -0.366 e. The molecule has 23 heavy (non-hydrogen) atoms. The van der Waals surface area contributed by atoms with E-state index in [2.05, 4.69) is 25.2 Å². The number of anilines is 2. The topological polar surface area (TPSA) is 53.9 Å². The van der Waals surface area contributed by atoms with Gasteiger partial charge in [-0.1, -0.05) is 0 Å². The standard InChI is InChI=1S/C15H16F3N5/c16-15(17,18)11-4-5-13(21-9-11)22-12-3-1-8-23(10-12)14-19-6-2-7-20-14/h2,4-7,9,12H,1,3,8,10H2,(H,21,22)/t12-/m1/s1. The average Bonchev–Trinajstić information content (AvgIpc) is 2.56. The number of nitrogens with one attached hydrogen (secondary N) is 1. The number of pyridine rings is 1. The van der Waals surface area contributed by atoms with E-state index in [1.165, 1.54) is 6.07 Å². The van der Waals surface area contributed by atoms with E-state index in [0.717, 1.165) is 31.6 Å². The summed E-state index contributed by atoms with van der Waals surface area (Å²) in [5, 5.41) is 3.18. The van der Waals surface area contributed by atoms with E-state index < -0.39 is 11.7 Å². The van der Waals surface area contributed by atoms with Crippen molar-refractivity contribution >= 4 is 11.8 Å². The van der Waals surface area contributed by atoms with Crippen LogP contribution in [-0.4, -0.2) is 34.1 Å². The lowest BCUT2D eigenvalue weighted by molar-refractivity contribution is -0.137.